The third-order valence-corrected chi connectivity index (χ3v) is 4.94. The van der Waals surface area contributed by atoms with E-state index in [1.807, 2.05) is 54.6 Å². The Hall–Kier alpha value is -3.93. The molecule has 0 radical (unpaired) electrons. The first-order valence-electron chi connectivity index (χ1n) is 9.77. The molecule has 2 aromatic carbocycles. The van der Waals surface area contributed by atoms with Gasteiger partial charge >= 0.3 is 0 Å². The molecule has 0 bridgehead atoms. The number of nitrogens with one attached hydrogen (secondary N) is 1. The highest BCUT2D eigenvalue weighted by molar-refractivity contribution is 5.93. The van der Waals surface area contributed by atoms with Crippen molar-refractivity contribution in [2.45, 2.75) is 19.4 Å². The highest BCUT2D eigenvalue weighted by atomic mass is 16.1. The van der Waals surface area contributed by atoms with Crippen molar-refractivity contribution in [3.63, 3.8) is 0 Å². The molecule has 2 aromatic heterocycles. The average molecular weight is 398 g/mol. The molecule has 150 valence electrons. The molecule has 6 nitrogen and oxygen atoms in total. The summed E-state index contributed by atoms with van der Waals surface area (Å²) >= 11 is 0. The number of aromatic nitrogens is 2. The van der Waals surface area contributed by atoms with Gasteiger partial charge in [-0.3, -0.25) is 14.6 Å². The number of carbonyl (C=O) groups excluding carboxylic acids is 1. The number of nitrogens with two attached hydrogens (primary N) is 1. The highest BCUT2D eigenvalue weighted by Crippen LogP contribution is 2.17. The van der Waals surface area contributed by atoms with Gasteiger partial charge in [-0.25, -0.2) is 0 Å². The van der Waals surface area contributed by atoms with Crippen LogP contribution in [0.3, 0.4) is 0 Å². The molecule has 1 amide bonds. The molecular weight excluding hydrogens is 376 g/mol. The van der Waals surface area contributed by atoms with Crippen LogP contribution in [-0.2, 0) is 17.8 Å². The van der Waals surface area contributed by atoms with Gasteiger partial charge in [0.25, 0.3) is 5.56 Å². The van der Waals surface area contributed by atoms with E-state index in [2.05, 4.69) is 10.3 Å². The Bertz CT molecular complexity index is 1260. The fourth-order valence-electron chi connectivity index (χ4n) is 3.34. The van der Waals surface area contributed by atoms with E-state index >= 15 is 0 Å². The predicted octanol–water partition coefficient (Wildman–Crippen LogP) is 3.60. The summed E-state index contributed by atoms with van der Waals surface area (Å²) in [6, 6.07) is 22.5. The highest BCUT2D eigenvalue weighted by Gasteiger charge is 2.09. The SMILES string of the molecule is Nc1ccccc1NC(=O)CCc1cccn(Cc2ccc3ccccc3n2)c1=O. The van der Waals surface area contributed by atoms with Gasteiger partial charge in [0.1, 0.15) is 0 Å². The number of anilines is 2. The number of aryl methyl sites for hydroxylation is 1. The maximum atomic E-state index is 12.8. The van der Waals surface area contributed by atoms with Gasteiger partial charge < -0.3 is 15.6 Å². The summed E-state index contributed by atoms with van der Waals surface area (Å²) in [5, 5.41) is 3.85. The second-order valence-corrected chi connectivity index (χ2v) is 7.10. The van der Waals surface area contributed by atoms with E-state index < -0.39 is 0 Å². The van der Waals surface area contributed by atoms with Crippen molar-refractivity contribution in [1.82, 2.24) is 9.55 Å². The van der Waals surface area contributed by atoms with E-state index in [4.69, 9.17) is 5.73 Å². The Kier molecular flexibility index (Phi) is 5.57. The fourth-order valence-corrected chi connectivity index (χ4v) is 3.34. The molecule has 0 aliphatic carbocycles. The number of nitrogens with zero attached hydrogens (tertiary/aromatic N) is 2. The summed E-state index contributed by atoms with van der Waals surface area (Å²) < 4.78 is 1.62. The first kappa shape index (κ1) is 19.4. The van der Waals surface area contributed by atoms with E-state index in [9.17, 15) is 9.59 Å². The summed E-state index contributed by atoms with van der Waals surface area (Å²) in [7, 11) is 0. The summed E-state index contributed by atoms with van der Waals surface area (Å²) in [5.74, 6) is -0.182. The Balaban J connectivity index is 1.45. The zero-order valence-corrected chi connectivity index (χ0v) is 16.4. The normalized spacial score (nSPS) is 10.8. The Morgan fingerprint density at radius 2 is 1.77 bits per heavy atom. The smallest absolute Gasteiger partial charge is 0.254 e. The summed E-state index contributed by atoms with van der Waals surface area (Å²) in [6.45, 7) is 0.379. The molecule has 0 atom stereocenters. The van der Waals surface area contributed by atoms with Gasteiger partial charge in [0.2, 0.25) is 5.91 Å². The van der Waals surface area contributed by atoms with E-state index in [1.54, 1.807) is 29.0 Å². The topological polar surface area (TPSA) is 90.0 Å². The third kappa shape index (κ3) is 4.38. The Morgan fingerprint density at radius 3 is 2.63 bits per heavy atom. The zero-order valence-electron chi connectivity index (χ0n) is 16.4. The number of fused-ring (bicyclic) bond motifs is 1. The average Bonchev–Trinajstić information content (AvgIpc) is 2.76. The minimum atomic E-state index is -0.182. The van der Waals surface area contributed by atoms with Crippen molar-refractivity contribution in [1.29, 1.82) is 0 Å². The minimum absolute atomic E-state index is 0.112. The lowest BCUT2D eigenvalue weighted by molar-refractivity contribution is -0.116. The molecule has 0 saturated heterocycles. The van der Waals surface area contributed by atoms with E-state index in [0.717, 1.165) is 16.6 Å². The van der Waals surface area contributed by atoms with Crippen LogP contribution < -0.4 is 16.6 Å². The van der Waals surface area contributed by atoms with Gasteiger partial charge in [0.05, 0.1) is 29.1 Å². The van der Waals surface area contributed by atoms with Crippen LogP contribution >= 0.6 is 0 Å². The molecule has 0 aliphatic heterocycles. The first-order valence-corrected chi connectivity index (χ1v) is 9.77. The van der Waals surface area contributed by atoms with Crippen LogP contribution in [0.2, 0.25) is 0 Å². The molecule has 4 aromatic rings. The number of carbonyl (C=O) groups is 1. The molecule has 3 N–H and O–H groups in total. The number of benzene rings is 2. The molecule has 4 rings (SSSR count). The van der Waals surface area contributed by atoms with E-state index in [-0.39, 0.29) is 17.9 Å². The number of pyridine rings is 2. The van der Waals surface area contributed by atoms with Gasteiger partial charge in [-0.2, -0.15) is 0 Å². The second-order valence-electron chi connectivity index (χ2n) is 7.10. The van der Waals surface area contributed by atoms with Crippen LogP contribution in [0.15, 0.2) is 83.8 Å². The van der Waals surface area contributed by atoms with Crippen molar-refractivity contribution >= 4 is 28.2 Å². The van der Waals surface area contributed by atoms with Crippen molar-refractivity contribution in [2.24, 2.45) is 0 Å². The van der Waals surface area contributed by atoms with Crippen LogP contribution in [0.25, 0.3) is 10.9 Å². The number of para-hydroxylation sites is 3. The van der Waals surface area contributed by atoms with Gasteiger partial charge in [-0.15, -0.1) is 0 Å². The first-order chi connectivity index (χ1) is 14.6. The number of hydrogen-bond donors (Lipinski definition) is 2. The molecule has 6 heteroatoms. The lowest BCUT2D eigenvalue weighted by atomic mass is 10.1. The maximum absolute atomic E-state index is 12.8. The van der Waals surface area contributed by atoms with Crippen molar-refractivity contribution in [3.05, 3.63) is 101 Å². The summed E-state index contributed by atoms with van der Waals surface area (Å²) in [6.07, 6.45) is 2.29. The van der Waals surface area contributed by atoms with Crippen LogP contribution in [-0.4, -0.2) is 15.5 Å². The number of rotatable bonds is 6. The largest absolute Gasteiger partial charge is 0.397 e. The van der Waals surface area contributed by atoms with Crippen molar-refractivity contribution in [3.8, 4) is 0 Å². The molecular formula is C24H22N4O2. The number of nitrogen functional groups attached to an aromatic ring is 1. The summed E-state index contributed by atoms with van der Waals surface area (Å²) in [5.41, 5.74) is 9.13. The Labute approximate surface area is 174 Å². The fraction of sp³-hybridized carbons (Fsp3) is 0.125. The second kappa shape index (κ2) is 8.61. The van der Waals surface area contributed by atoms with Gasteiger partial charge in [0, 0.05) is 23.6 Å². The maximum Gasteiger partial charge on any atom is 0.254 e. The molecule has 0 unspecified atom stereocenters. The molecule has 0 spiro atoms. The van der Waals surface area contributed by atoms with Crippen LogP contribution in [0, 0.1) is 0 Å². The molecule has 0 saturated carbocycles. The quantitative estimate of drug-likeness (QED) is 0.486. The number of amides is 1. The summed E-state index contributed by atoms with van der Waals surface area (Å²) in [4.78, 5) is 29.7. The van der Waals surface area contributed by atoms with Crippen molar-refractivity contribution < 1.29 is 4.79 Å². The molecule has 0 aliphatic rings. The van der Waals surface area contributed by atoms with Crippen LogP contribution in [0.1, 0.15) is 17.7 Å². The van der Waals surface area contributed by atoms with Gasteiger partial charge in [0.15, 0.2) is 0 Å². The van der Waals surface area contributed by atoms with Gasteiger partial charge in [-0.1, -0.05) is 42.5 Å². The van der Waals surface area contributed by atoms with E-state index in [0.29, 0.717) is 29.9 Å². The predicted molar refractivity (Wildman–Crippen MR) is 119 cm³/mol. The monoisotopic (exact) mass is 398 g/mol. The minimum Gasteiger partial charge on any atom is -0.397 e. The lowest BCUT2D eigenvalue weighted by Gasteiger charge is -2.10. The Morgan fingerprint density at radius 1 is 0.967 bits per heavy atom. The van der Waals surface area contributed by atoms with E-state index in [1.165, 1.54) is 0 Å². The number of hydrogen-bond acceptors (Lipinski definition) is 4. The molecule has 2 heterocycles. The van der Waals surface area contributed by atoms with Crippen LogP contribution in [0.5, 0.6) is 0 Å². The zero-order chi connectivity index (χ0) is 20.9. The van der Waals surface area contributed by atoms with Crippen LogP contribution in [0.4, 0.5) is 11.4 Å². The molecule has 30 heavy (non-hydrogen) atoms. The third-order valence-electron chi connectivity index (χ3n) is 4.94. The molecule has 0 fully saturated rings. The lowest BCUT2D eigenvalue weighted by Crippen LogP contribution is -2.25. The van der Waals surface area contributed by atoms with Gasteiger partial charge in [-0.05, 0) is 36.8 Å². The van der Waals surface area contributed by atoms with Crippen molar-refractivity contribution in [2.75, 3.05) is 11.1 Å². The standard InChI is InChI=1S/C24H22N4O2/c25-20-8-2-4-10-22(20)27-23(29)14-12-18-7-5-15-28(24(18)30)16-19-13-11-17-6-1-3-9-21(17)26-19/h1-11,13,15H,12,14,16,25H2,(H,27,29).